The Balaban J connectivity index is 1.03. The topological polar surface area (TPSA) is 363 Å². The summed E-state index contributed by atoms with van der Waals surface area (Å²) < 4.78 is 0. The van der Waals surface area contributed by atoms with E-state index in [1.165, 1.54) is 0 Å². The van der Waals surface area contributed by atoms with Gasteiger partial charge in [-0.05, 0) is 138 Å². The Kier molecular flexibility index (Phi) is 10.7. The van der Waals surface area contributed by atoms with Gasteiger partial charge in [0, 0.05) is 22.3 Å². The maximum atomic E-state index is 6.08. The molecule has 2 aliphatic rings. The molecule has 81 heavy (non-hydrogen) atoms. The number of benzene rings is 8. The Labute approximate surface area is 461 Å². The second-order valence-electron chi connectivity index (χ2n) is 19.6. The summed E-state index contributed by atoms with van der Waals surface area (Å²) in [5, 5.41) is 0. The molecule has 0 aliphatic heterocycles. The fraction of sp³-hybridized carbons (Fsp3) is 0.0164. The Hall–Kier alpha value is -11.8. The van der Waals surface area contributed by atoms with E-state index in [-0.39, 0.29) is 47.6 Å². The molecular formula is C61H44N20. The number of nitrogens with zero attached hydrogens (tertiary/aromatic N) is 12. The summed E-state index contributed by atoms with van der Waals surface area (Å²) >= 11 is 0. The van der Waals surface area contributed by atoms with Crippen molar-refractivity contribution in [3.63, 3.8) is 0 Å². The third-order valence-corrected chi connectivity index (χ3v) is 14.8. The first-order chi connectivity index (χ1) is 39.3. The van der Waals surface area contributed by atoms with Crippen molar-refractivity contribution < 1.29 is 0 Å². The lowest BCUT2D eigenvalue weighted by atomic mass is 9.69. The predicted octanol–water partition coefficient (Wildman–Crippen LogP) is 8.76. The van der Waals surface area contributed by atoms with Gasteiger partial charge in [-0.25, -0.2) is 0 Å². The fourth-order valence-electron chi connectivity index (χ4n) is 11.5. The van der Waals surface area contributed by atoms with Crippen LogP contribution in [0, 0.1) is 0 Å². The maximum Gasteiger partial charge on any atom is 0.225 e. The molecule has 8 aromatic carbocycles. The first-order valence-electron chi connectivity index (χ1n) is 25.4. The highest BCUT2D eigenvalue weighted by Gasteiger charge is 2.52. The van der Waals surface area contributed by atoms with Crippen molar-refractivity contribution in [3.8, 4) is 112 Å². The summed E-state index contributed by atoms with van der Waals surface area (Å²) in [6.07, 6.45) is 0. The molecule has 4 aromatic heterocycles. The number of rotatable bonds is 8. The molecule has 0 atom stereocenters. The first kappa shape index (κ1) is 47.6. The van der Waals surface area contributed by atoms with Gasteiger partial charge in [0.05, 0.1) is 5.41 Å². The zero-order chi connectivity index (χ0) is 55.3. The van der Waals surface area contributed by atoms with E-state index in [0.29, 0.717) is 23.3 Å². The van der Waals surface area contributed by atoms with Gasteiger partial charge in [-0.1, -0.05) is 121 Å². The van der Waals surface area contributed by atoms with Crippen LogP contribution in [-0.4, -0.2) is 59.8 Å². The Bertz CT molecular complexity index is 3950. The Morgan fingerprint density at radius 2 is 0.383 bits per heavy atom. The SMILES string of the molecule is Nc1nc(N)nc(-c2cccc(-c3ccc4c(c3)C3(c5cc(-c6cccc(-c7nc(N)nc(N)n7)c6)ccc5-4)c4cc(-c5cccc(-c6nc(N)nc(N)n6)c5)ccc4-c4ccc(-c5cccc(-c6nc(N)nc(N)n6)c5)cc43)c2)n1. The lowest BCUT2D eigenvalue weighted by Gasteiger charge is -2.32. The average molecular weight is 1060 g/mol. The highest BCUT2D eigenvalue weighted by molar-refractivity contribution is 5.99. The van der Waals surface area contributed by atoms with E-state index in [2.05, 4.69) is 157 Å². The van der Waals surface area contributed by atoms with Crippen molar-refractivity contribution in [1.82, 2.24) is 59.8 Å². The van der Waals surface area contributed by atoms with Gasteiger partial charge in [-0.3, -0.25) is 0 Å². The molecule has 1 spiro atoms. The van der Waals surface area contributed by atoms with Crippen molar-refractivity contribution in [3.05, 3.63) is 192 Å². The number of nitrogen functional groups attached to an aromatic ring is 8. The largest absolute Gasteiger partial charge is 0.368 e. The zero-order valence-electron chi connectivity index (χ0n) is 42.7. The van der Waals surface area contributed by atoms with E-state index < -0.39 is 5.41 Å². The van der Waals surface area contributed by atoms with Crippen molar-refractivity contribution >= 4 is 47.6 Å². The van der Waals surface area contributed by atoms with E-state index in [4.69, 9.17) is 45.9 Å². The molecule has 0 bridgehead atoms. The first-order valence-corrected chi connectivity index (χ1v) is 25.4. The van der Waals surface area contributed by atoms with Crippen molar-refractivity contribution in [2.75, 3.05) is 45.9 Å². The number of fused-ring (bicyclic) bond motifs is 10. The zero-order valence-corrected chi connectivity index (χ0v) is 42.7. The minimum Gasteiger partial charge on any atom is -0.368 e. The lowest BCUT2D eigenvalue weighted by molar-refractivity contribution is 0.795. The molecule has 12 aromatic rings. The molecule has 0 fully saturated rings. The van der Waals surface area contributed by atoms with Gasteiger partial charge >= 0.3 is 0 Å². The van der Waals surface area contributed by atoms with Crippen molar-refractivity contribution in [1.29, 1.82) is 0 Å². The van der Waals surface area contributed by atoms with Crippen molar-refractivity contribution in [2.24, 2.45) is 0 Å². The second kappa shape index (κ2) is 18.2. The lowest BCUT2D eigenvalue weighted by Crippen LogP contribution is -2.26. The van der Waals surface area contributed by atoms with Crippen LogP contribution < -0.4 is 45.9 Å². The Morgan fingerprint density at radius 3 is 0.593 bits per heavy atom. The highest BCUT2D eigenvalue weighted by Crippen LogP contribution is 2.64. The summed E-state index contributed by atoms with van der Waals surface area (Å²) in [6, 6.07) is 58.8. The summed E-state index contributed by atoms with van der Waals surface area (Å²) in [5.41, 5.74) is 66.6. The minimum absolute atomic E-state index is 0.0299. The van der Waals surface area contributed by atoms with Crippen LogP contribution in [0.3, 0.4) is 0 Å². The number of nitrogens with two attached hydrogens (primary N) is 8. The standard InChI is InChI=1S/C61H44N20/c62-53-70-49(71-54(63)78-53)37-9-1-5-29(21-37)33-13-17-41-42-18-14-34(30-6-2-10-38(22-30)50-72-55(64)79-56(65)73-50)26-46(42)61(45(41)25-33)47-27-35(31-7-3-11-39(23-31)51-74-57(66)80-58(67)75-51)15-19-43(47)44-20-16-36(28-48(44)61)32-8-4-12-40(24-32)52-76-59(68)81-60(69)77-52/h1-28H,(H4,62,63,70,71,78)(H4,64,65,72,73,79)(H4,66,67,74,75,80)(H4,68,69,76,77,81). The van der Waals surface area contributed by atoms with E-state index >= 15 is 0 Å². The normalized spacial score (nSPS) is 12.4. The van der Waals surface area contributed by atoms with Gasteiger partial charge in [0.1, 0.15) is 0 Å². The smallest absolute Gasteiger partial charge is 0.225 e. The van der Waals surface area contributed by atoms with Gasteiger partial charge in [-0.15, -0.1) is 0 Å². The summed E-state index contributed by atoms with van der Waals surface area (Å²) in [6.45, 7) is 0. The summed E-state index contributed by atoms with van der Waals surface area (Å²) in [5.74, 6) is 1.69. The van der Waals surface area contributed by atoms with Crippen molar-refractivity contribution in [2.45, 2.75) is 5.41 Å². The van der Waals surface area contributed by atoms with Gasteiger partial charge in [0.15, 0.2) is 23.3 Å². The molecule has 0 radical (unpaired) electrons. The van der Waals surface area contributed by atoms with Gasteiger partial charge in [-0.2, -0.15) is 59.8 Å². The number of aromatic nitrogens is 12. The molecule has 14 rings (SSSR count). The van der Waals surface area contributed by atoms with E-state index in [1.807, 2.05) is 72.8 Å². The van der Waals surface area contributed by atoms with Crippen LogP contribution in [0.15, 0.2) is 170 Å². The maximum absolute atomic E-state index is 6.08. The van der Waals surface area contributed by atoms with Crippen LogP contribution in [0.1, 0.15) is 22.3 Å². The van der Waals surface area contributed by atoms with E-state index in [0.717, 1.165) is 111 Å². The van der Waals surface area contributed by atoms with Crippen LogP contribution in [0.2, 0.25) is 0 Å². The highest BCUT2D eigenvalue weighted by atomic mass is 15.2. The van der Waals surface area contributed by atoms with Crippen LogP contribution in [0.4, 0.5) is 47.6 Å². The Morgan fingerprint density at radius 1 is 0.198 bits per heavy atom. The van der Waals surface area contributed by atoms with Gasteiger partial charge < -0.3 is 45.9 Å². The fourth-order valence-corrected chi connectivity index (χ4v) is 11.5. The number of hydrogen-bond acceptors (Lipinski definition) is 20. The van der Waals surface area contributed by atoms with Crippen LogP contribution in [-0.2, 0) is 5.41 Å². The molecule has 16 N–H and O–H groups in total. The summed E-state index contributed by atoms with van der Waals surface area (Å²) in [4.78, 5) is 51.5. The second-order valence-corrected chi connectivity index (χ2v) is 19.6. The molecule has 388 valence electrons. The third-order valence-electron chi connectivity index (χ3n) is 14.8. The average Bonchev–Trinajstić information content (AvgIpc) is 2.25. The minimum atomic E-state index is -0.944. The predicted molar refractivity (Wildman–Crippen MR) is 315 cm³/mol. The summed E-state index contributed by atoms with van der Waals surface area (Å²) in [7, 11) is 0. The number of hydrogen-bond donors (Lipinski definition) is 8. The molecule has 0 saturated heterocycles. The van der Waals surface area contributed by atoms with Crippen LogP contribution >= 0.6 is 0 Å². The third kappa shape index (κ3) is 8.09. The monoisotopic (exact) mass is 1060 g/mol. The van der Waals surface area contributed by atoms with E-state index in [9.17, 15) is 0 Å². The molecular weight excluding hydrogens is 1010 g/mol. The quantitative estimate of drug-likeness (QED) is 0.0704. The molecule has 2 aliphatic carbocycles. The van der Waals surface area contributed by atoms with Crippen LogP contribution in [0.5, 0.6) is 0 Å². The molecule has 0 saturated carbocycles. The molecule has 4 heterocycles. The van der Waals surface area contributed by atoms with Crippen LogP contribution in [0.25, 0.3) is 112 Å². The molecule has 20 nitrogen and oxygen atoms in total. The van der Waals surface area contributed by atoms with Gasteiger partial charge in [0.25, 0.3) is 0 Å². The molecule has 0 amide bonds. The van der Waals surface area contributed by atoms with E-state index in [1.54, 1.807) is 0 Å². The van der Waals surface area contributed by atoms with Gasteiger partial charge in [0.2, 0.25) is 47.6 Å². The molecule has 20 heteroatoms. The number of anilines is 8. The molecule has 0 unspecified atom stereocenters.